The molecule has 0 bridgehead atoms. The molecule has 0 aliphatic heterocycles. The van der Waals surface area contributed by atoms with Crippen molar-refractivity contribution >= 4 is 35.1 Å². The maximum atomic E-state index is 11.7. The summed E-state index contributed by atoms with van der Waals surface area (Å²) >= 11 is 3.09. The Bertz CT molecular complexity index is 451. The van der Waals surface area contributed by atoms with Gasteiger partial charge in [0.1, 0.15) is 11.0 Å². The van der Waals surface area contributed by atoms with Crippen molar-refractivity contribution in [3.8, 4) is 0 Å². The summed E-state index contributed by atoms with van der Waals surface area (Å²) in [4.78, 5) is 28.0. The molecule has 1 rings (SSSR count). The molecule has 112 valence electrons. The van der Waals surface area contributed by atoms with Gasteiger partial charge in [0.15, 0.2) is 0 Å². The number of aliphatic carboxylic acids is 1. The topological polar surface area (TPSA) is 91.3 Å². The highest BCUT2D eigenvalue weighted by Gasteiger charge is 2.19. The van der Waals surface area contributed by atoms with Gasteiger partial charge in [-0.25, -0.2) is 14.6 Å². The molecule has 0 saturated heterocycles. The lowest BCUT2D eigenvalue weighted by atomic mass is 10.2. The number of thiazole rings is 1. The number of urea groups is 1. The number of nitrogens with zero attached hydrogens (tertiary/aromatic N) is 1. The molecule has 0 saturated carbocycles. The molecule has 2 amide bonds. The van der Waals surface area contributed by atoms with E-state index < -0.39 is 18.0 Å². The molecule has 8 heteroatoms. The van der Waals surface area contributed by atoms with E-state index in [0.717, 1.165) is 16.3 Å². The minimum atomic E-state index is -1.02. The zero-order valence-electron chi connectivity index (χ0n) is 11.5. The number of thioether (sulfide) groups is 1. The molecule has 3 N–H and O–H groups in total. The van der Waals surface area contributed by atoms with E-state index in [1.54, 1.807) is 29.3 Å². The molecule has 1 heterocycles. The van der Waals surface area contributed by atoms with E-state index in [2.05, 4.69) is 15.6 Å². The molecule has 0 unspecified atom stereocenters. The van der Waals surface area contributed by atoms with Crippen molar-refractivity contribution in [2.75, 3.05) is 12.0 Å². The van der Waals surface area contributed by atoms with Crippen LogP contribution in [-0.2, 0) is 17.8 Å². The van der Waals surface area contributed by atoms with Crippen molar-refractivity contribution in [3.05, 3.63) is 16.1 Å². The first-order valence-corrected chi connectivity index (χ1v) is 8.47. The maximum Gasteiger partial charge on any atom is 0.326 e. The van der Waals surface area contributed by atoms with Crippen molar-refractivity contribution in [1.29, 1.82) is 0 Å². The fraction of sp³-hybridized carbons (Fsp3) is 0.583. The number of carbonyl (C=O) groups excluding carboxylic acids is 1. The summed E-state index contributed by atoms with van der Waals surface area (Å²) in [6.07, 6.45) is 5.01. The Hall–Kier alpha value is -1.28. The Morgan fingerprint density at radius 3 is 2.85 bits per heavy atom. The molecule has 1 aromatic rings. The van der Waals surface area contributed by atoms with Gasteiger partial charge in [-0.05, 0) is 24.9 Å². The molecule has 1 aromatic heterocycles. The first-order chi connectivity index (χ1) is 9.56. The van der Waals surface area contributed by atoms with E-state index in [1.165, 1.54) is 0 Å². The minimum absolute atomic E-state index is 0.311. The molecule has 0 fully saturated rings. The van der Waals surface area contributed by atoms with Gasteiger partial charge in [-0.15, -0.1) is 11.3 Å². The highest BCUT2D eigenvalue weighted by molar-refractivity contribution is 7.98. The number of nitrogens with one attached hydrogen (secondary N) is 2. The molecular weight excluding hydrogens is 298 g/mol. The lowest BCUT2D eigenvalue weighted by Gasteiger charge is -2.14. The Kier molecular flexibility index (Phi) is 7.38. The number of hydrogen-bond donors (Lipinski definition) is 3. The van der Waals surface area contributed by atoms with Crippen molar-refractivity contribution < 1.29 is 14.7 Å². The number of carboxylic acid groups (broad SMARTS) is 1. The second kappa shape index (κ2) is 8.80. The molecule has 20 heavy (non-hydrogen) atoms. The molecule has 0 radical (unpaired) electrons. The van der Waals surface area contributed by atoms with E-state index in [-0.39, 0.29) is 0 Å². The molecule has 0 spiro atoms. The lowest BCUT2D eigenvalue weighted by molar-refractivity contribution is -0.139. The van der Waals surface area contributed by atoms with Gasteiger partial charge in [-0.1, -0.05) is 6.92 Å². The Morgan fingerprint density at radius 1 is 1.55 bits per heavy atom. The van der Waals surface area contributed by atoms with Crippen molar-refractivity contribution in [2.24, 2.45) is 0 Å². The summed E-state index contributed by atoms with van der Waals surface area (Å²) < 4.78 is 0. The highest BCUT2D eigenvalue weighted by atomic mass is 32.2. The van der Waals surface area contributed by atoms with E-state index in [4.69, 9.17) is 5.11 Å². The van der Waals surface area contributed by atoms with Crippen LogP contribution < -0.4 is 10.6 Å². The monoisotopic (exact) mass is 317 g/mol. The first-order valence-electron chi connectivity index (χ1n) is 6.26. The predicted molar refractivity (Wildman–Crippen MR) is 81.3 cm³/mol. The molecule has 0 aliphatic rings. The zero-order valence-corrected chi connectivity index (χ0v) is 13.1. The Balaban J connectivity index is 2.39. The van der Waals surface area contributed by atoms with Crippen molar-refractivity contribution in [1.82, 2.24) is 15.6 Å². The fourth-order valence-electron chi connectivity index (χ4n) is 1.45. The van der Waals surface area contributed by atoms with Gasteiger partial charge in [-0.3, -0.25) is 0 Å². The number of carbonyl (C=O) groups is 2. The largest absolute Gasteiger partial charge is 0.480 e. The summed E-state index contributed by atoms with van der Waals surface area (Å²) in [5, 5.41) is 14.9. The molecule has 1 atom stereocenters. The van der Waals surface area contributed by atoms with Gasteiger partial charge in [0.25, 0.3) is 0 Å². The van der Waals surface area contributed by atoms with Crippen LogP contribution in [0.1, 0.15) is 23.2 Å². The molecular formula is C12H19N3O3S2. The minimum Gasteiger partial charge on any atom is -0.480 e. The van der Waals surface area contributed by atoms with Gasteiger partial charge in [-0.2, -0.15) is 11.8 Å². The quantitative estimate of drug-likeness (QED) is 0.679. The lowest BCUT2D eigenvalue weighted by Crippen LogP contribution is -2.46. The van der Waals surface area contributed by atoms with Crippen LogP contribution in [0.5, 0.6) is 0 Å². The average Bonchev–Trinajstić information content (AvgIpc) is 2.88. The van der Waals surface area contributed by atoms with Gasteiger partial charge < -0.3 is 15.7 Å². The van der Waals surface area contributed by atoms with Crippen LogP contribution in [0.4, 0.5) is 4.79 Å². The van der Waals surface area contributed by atoms with Crippen LogP contribution in [0.2, 0.25) is 0 Å². The van der Waals surface area contributed by atoms with Crippen LogP contribution in [0.15, 0.2) is 6.20 Å². The number of amides is 2. The Labute approximate surface area is 126 Å². The third-order valence-electron chi connectivity index (χ3n) is 2.56. The van der Waals surface area contributed by atoms with Gasteiger partial charge in [0.05, 0.1) is 6.54 Å². The molecule has 6 nitrogen and oxygen atoms in total. The molecule has 0 aromatic carbocycles. The highest BCUT2D eigenvalue weighted by Crippen LogP contribution is 2.12. The van der Waals surface area contributed by atoms with E-state index in [1.807, 2.05) is 13.2 Å². The van der Waals surface area contributed by atoms with Crippen LogP contribution >= 0.6 is 23.1 Å². The van der Waals surface area contributed by atoms with Crippen LogP contribution in [-0.4, -0.2) is 40.1 Å². The number of carboxylic acids is 1. The van der Waals surface area contributed by atoms with Gasteiger partial charge >= 0.3 is 12.0 Å². The maximum absolute atomic E-state index is 11.7. The van der Waals surface area contributed by atoms with Crippen LogP contribution in [0.25, 0.3) is 0 Å². The zero-order chi connectivity index (χ0) is 15.0. The van der Waals surface area contributed by atoms with Crippen LogP contribution in [0, 0.1) is 0 Å². The summed E-state index contributed by atoms with van der Waals surface area (Å²) in [6, 6.07) is -1.34. The number of aromatic nitrogens is 1. The van der Waals surface area contributed by atoms with Gasteiger partial charge in [0, 0.05) is 11.1 Å². The third kappa shape index (κ3) is 5.79. The smallest absolute Gasteiger partial charge is 0.326 e. The fourth-order valence-corrected chi connectivity index (χ4v) is 2.73. The van der Waals surface area contributed by atoms with E-state index in [0.29, 0.717) is 18.7 Å². The normalized spacial score (nSPS) is 11.9. The van der Waals surface area contributed by atoms with Crippen LogP contribution in [0.3, 0.4) is 0 Å². The predicted octanol–water partition coefficient (Wildman–Crippen LogP) is 1.71. The second-order valence-electron chi connectivity index (χ2n) is 4.07. The number of aryl methyl sites for hydroxylation is 1. The summed E-state index contributed by atoms with van der Waals surface area (Å²) in [5.41, 5.74) is 0. The standard InChI is InChI=1S/C12H19N3O3S2/c1-3-8-6-13-10(20-8)7-14-12(18)15-9(11(16)17)4-5-19-2/h6,9H,3-5,7H2,1-2H3,(H,16,17)(H2,14,15,18)/t9-/m0/s1. The second-order valence-corrected chi connectivity index (χ2v) is 6.26. The summed E-state index contributed by atoms with van der Waals surface area (Å²) in [7, 11) is 0. The summed E-state index contributed by atoms with van der Waals surface area (Å²) in [6.45, 7) is 2.35. The number of hydrogen-bond acceptors (Lipinski definition) is 5. The number of rotatable bonds is 8. The third-order valence-corrected chi connectivity index (χ3v) is 4.35. The first kappa shape index (κ1) is 16.8. The summed E-state index contributed by atoms with van der Waals surface area (Å²) in [5.74, 6) is -0.333. The van der Waals surface area contributed by atoms with Gasteiger partial charge in [0.2, 0.25) is 0 Å². The Morgan fingerprint density at radius 2 is 2.30 bits per heavy atom. The SMILES string of the molecule is CCc1cnc(CNC(=O)N[C@@H](CCSC)C(=O)O)s1. The van der Waals surface area contributed by atoms with E-state index >= 15 is 0 Å². The molecule has 0 aliphatic carbocycles. The average molecular weight is 317 g/mol. The van der Waals surface area contributed by atoms with Crippen molar-refractivity contribution in [3.63, 3.8) is 0 Å². The van der Waals surface area contributed by atoms with Crippen molar-refractivity contribution in [2.45, 2.75) is 32.4 Å². The van der Waals surface area contributed by atoms with E-state index in [9.17, 15) is 9.59 Å².